The van der Waals surface area contributed by atoms with Crippen LogP contribution in [0, 0.1) is 0 Å². The van der Waals surface area contributed by atoms with E-state index in [4.69, 9.17) is 5.11 Å². The third kappa shape index (κ3) is 4.56. The van der Waals surface area contributed by atoms with Crippen LogP contribution in [0.5, 0.6) is 0 Å². The second kappa shape index (κ2) is 9.41. The first-order valence-electron chi connectivity index (χ1n) is 9.42. The molecule has 1 unspecified atom stereocenters. The van der Waals surface area contributed by atoms with Gasteiger partial charge in [0.15, 0.2) is 0 Å². The lowest BCUT2D eigenvalue weighted by Crippen LogP contribution is -2.35. The molecule has 0 radical (unpaired) electrons. The van der Waals surface area contributed by atoms with Crippen molar-refractivity contribution in [2.75, 3.05) is 39.8 Å². The largest absolute Gasteiger partial charge is 0.395 e. The first kappa shape index (κ1) is 18.4. The zero-order valence-corrected chi connectivity index (χ0v) is 15.2. The maximum atomic E-state index is 9.07. The summed E-state index contributed by atoms with van der Waals surface area (Å²) in [4.78, 5) is 4.90. The Hall–Kier alpha value is -0.900. The Morgan fingerprint density at radius 1 is 1.00 bits per heavy atom. The van der Waals surface area contributed by atoms with Crippen molar-refractivity contribution in [3.05, 3.63) is 35.4 Å². The monoisotopic (exact) mass is 318 g/mol. The van der Waals surface area contributed by atoms with E-state index in [9.17, 15) is 0 Å². The molecule has 0 aromatic heterocycles. The van der Waals surface area contributed by atoms with Gasteiger partial charge in [0.25, 0.3) is 0 Å². The molecule has 3 nitrogen and oxygen atoms in total. The number of hydrogen-bond acceptors (Lipinski definition) is 3. The maximum absolute atomic E-state index is 9.07. The van der Waals surface area contributed by atoms with Crippen molar-refractivity contribution in [2.45, 2.75) is 51.5 Å². The summed E-state index contributed by atoms with van der Waals surface area (Å²) >= 11 is 0. The molecular weight excluding hydrogens is 284 g/mol. The fourth-order valence-electron chi connectivity index (χ4n) is 4.10. The number of likely N-dealkylation sites (tertiary alicyclic amines) is 2. The van der Waals surface area contributed by atoms with E-state index in [1.807, 2.05) is 13.8 Å². The van der Waals surface area contributed by atoms with Crippen molar-refractivity contribution in [3.8, 4) is 0 Å². The third-order valence-corrected chi connectivity index (χ3v) is 5.32. The van der Waals surface area contributed by atoms with Crippen LogP contribution in [0.3, 0.4) is 0 Å². The first-order valence-corrected chi connectivity index (χ1v) is 9.42. The Morgan fingerprint density at radius 3 is 2.22 bits per heavy atom. The highest BCUT2D eigenvalue weighted by Gasteiger charge is 2.28. The van der Waals surface area contributed by atoms with Crippen LogP contribution in [0.2, 0.25) is 0 Å². The van der Waals surface area contributed by atoms with Gasteiger partial charge >= 0.3 is 0 Å². The Bertz CT molecular complexity index is 455. The third-order valence-electron chi connectivity index (χ3n) is 5.32. The molecule has 23 heavy (non-hydrogen) atoms. The molecule has 2 aliphatic rings. The Morgan fingerprint density at radius 2 is 1.65 bits per heavy atom. The predicted molar refractivity (Wildman–Crippen MR) is 97.9 cm³/mol. The molecule has 2 fully saturated rings. The molecule has 1 aromatic carbocycles. The van der Waals surface area contributed by atoms with Gasteiger partial charge in [0.2, 0.25) is 0 Å². The smallest absolute Gasteiger partial charge is 0.0558 e. The summed E-state index contributed by atoms with van der Waals surface area (Å²) in [6.07, 6.45) is 5.09. The van der Waals surface area contributed by atoms with Gasteiger partial charge in [-0.2, -0.15) is 0 Å². The van der Waals surface area contributed by atoms with E-state index in [-0.39, 0.29) is 6.61 Å². The quantitative estimate of drug-likeness (QED) is 0.918. The summed E-state index contributed by atoms with van der Waals surface area (Å²) in [6, 6.07) is 9.73. The van der Waals surface area contributed by atoms with Gasteiger partial charge in [-0.1, -0.05) is 38.1 Å². The standard InChI is InChI=1S/C18H28N2O.C2H6/c1-19-10-4-7-18(19)17-6-3-2-5-16(17)15-8-11-20(12-9-15)13-14-21;1-2/h2-3,5-6,15,18,21H,4,7-14H2,1H3;1-2H3. The van der Waals surface area contributed by atoms with Gasteiger partial charge in [-0.05, 0) is 69.4 Å². The number of piperidine rings is 1. The van der Waals surface area contributed by atoms with Crippen molar-refractivity contribution in [1.29, 1.82) is 0 Å². The Labute approximate surface area is 142 Å². The molecule has 0 bridgehead atoms. The summed E-state index contributed by atoms with van der Waals surface area (Å²) in [6.45, 7) is 8.60. The lowest BCUT2D eigenvalue weighted by Gasteiger charge is -2.34. The normalized spacial score (nSPS) is 23.6. The molecule has 0 amide bonds. The van der Waals surface area contributed by atoms with Crippen LogP contribution in [-0.4, -0.2) is 54.7 Å². The number of aliphatic hydroxyl groups excluding tert-OH is 1. The van der Waals surface area contributed by atoms with Crippen LogP contribution in [0.1, 0.15) is 62.6 Å². The second-order valence-electron chi connectivity index (χ2n) is 6.61. The fourth-order valence-corrected chi connectivity index (χ4v) is 4.10. The highest BCUT2D eigenvalue weighted by Crippen LogP contribution is 2.38. The van der Waals surface area contributed by atoms with E-state index >= 15 is 0 Å². The molecule has 2 heterocycles. The van der Waals surface area contributed by atoms with Gasteiger partial charge in [-0.25, -0.2) is 0 Å². The summed E-state index contributed by atoms with van der Waals surface area (Å²) < 4.78 is 0. The van der Waals surface area contributed by atoms with E-state index in [1.165, 1.54) is 32.2 Å². The Balaban J connectivity index is 0.000000924. The molecule has 1 N–H and O–H groups in total. The number of β-amino-alcohol motifs (C(OH)–C–C–N with tert-alkyl or cyclic N) is 1. The summed E-state index contributed by atoms with van der Waals surface area (Å²) in [5.74, 6) is 0.699. The molecule has 0 spiro atoms. The molecule has 3 rings (SSSR count). The minimum atomic E-state index is 0.286. The SMILES string of the molecule is CC.CN1CCCC1c1ccccc1C1CCN(CCO)CC1. The lowest BCUT2D eigenvalue weighted by atomic mass is 9.84. The van der Waals surface area contributed by atoms with Crippen LogP contribution in [-0.2, 0) is 0 Å². The molecule has 2 aliphatic heterocycles. The van der Waals surface area contributed by atoms with Crippen molar-refractivity contribution >= 4 is 0 Å². The number of aliphatic hydroxyl groups is 1. The molecule has 0 saturated carbocycles. The van der Waals surface area contributed by atoms with E-state index < -0.39 is 0 Å². The molecule has 1 aromatic rings. The van der Waals surface area contributed by atoms with E-state index in [2.05, 4.69) is 41.1 Å². The van der Waals surface area contributed by atoms with Crippen molar-refractivity contribution in [3.63, 3.8) is 0 Å². The van der Waals surface area contributed by atoms with Crippen molar-refractivity contribution in [1.82, 2.24) is 9.80 Å². The Kier molecular flexibility index (Phi) is 7.54. The number of rotatable bonds is 4. The van der Waals surface area contributed by atoms with Gasteiger partial charge in [0.05, 0.1) is 6.61 Å². The summed E-state index contributed by atoms with van der Waals surface area (Å²) in [5, 5.41) is 9.07. The van der Waals surface area contributed by atoms with Gasteiger partial charge in [-0.3, -0.25) is 4.90 Å². The number of benzene rings is 1. The van der Waals surface area contributed by atoms with E-state index in [0.717, 1.165) is 19.6 Å². The van der Waals surface area contributed by atoms with Gasteiger partial charge in [0, 0.05) is 12.6 Å². The average Bonchev–Trinajstić information content (AvgIpc) is 3.04. The molecule has 3 heteroatoms. The molecule has 1 atom stereocenters. The number of nitrogens with zero attached hydrogens (tertiary/aromatic N) is 2. The second-order valence-corrected chi connectivity index (χ2v) is 6.61. The highest BCUT2D eigenvalue weighted by molar-refractivity contribution is 5.34. The molecular formula is C20H34N2O. The highest BCUT2D eigenvalue weighted by atomic mass is 16.3. The van der Waals surface area contributed by atoms with Crippen LogP contribution in [0.25, 0.3) is 0 Å². The van der Waals surface area contributed by atoms with Crippen LogP contribution >= 0.6 is 0 Å². The molecule has 2 saturated heterocycles. The van der Waals surface area contributed by atoms with Crippen LogP contribution in [0.4, 0.5) is 0 Å². The van der Waals surface area contributed by atoms with Crippen LogP contribution in [0.15, 0.2) is 24.3 Å². The van der Waals surface area contributed by atoms with Gasteiger partial charge in [-0.15, -0.1) is 0 Å². The minimum Gasteiger partial charge on any atom is -0.395 e. The molecule has 0 aliphatic carbocycles. The van der Waals surface area contributed by atoms with E-state index in [0.29, 0.717) is 12.0 Å². The topological polar surface area (TPSA) is 26.7 Å². The maximum Gasteiger partial charge on any atom is 0.0558 e. The minimum absolute atomic E-state index is 0.286. The number of hydrogen-bond donors (Lipinski definition) is 1. The van der Waals surface area contributed by atoms with Crippen molar-refractivity contribution in [2.24, 2.45) is 0 Å². The lowest BCUT2D eigenvalue weighted by molar-refractivity contribution is 0.164. The van der Waals surface area contributed by atoms with Crippen molar-refractivity contribution < 1.29 is 5.11 Å². The first-order chi connectivity index (χ1) is 11.3. The summed E-state index contributed by atoms with van der Waals surface area (Å²) in [7, 11) is 2.26. The zero-order chi connectivity index (χ0) is 16.7. The van der Waals surface area contributed by atoms with Gasteiger partial charge < -0.3 is 10.0 Å². The fraction of sp³-hybridized carbons (Fsp3) is 0.700. The predicted octanol–water partition coefficient (Wildman–Crippen LogP) is 3.65. The van der Waals surface area contributed by atoms with E-state index in [1.54, 1.807) is 11.1 Å². The molecule has 130 valence electrons. The van der Waals surface area contributed by atoms with Crippen LogP contribution < -0.4 is 0 Å². The zero-order valence-electron chi connectivity index (χ0n) is 15.2. The summed E-state index contributed by atoms with van der Waals surface area (Å²) in [5.41, 5.74) is 3.15. The average molecular weight is 319 g/mol. The van der Waals surface area contributed by atoms with Gasteiger partial charge in [0.1, 0.15) is 0 Å².